The second-order valence-corrected chi connectivity index (χ2v) is 5.64. The van der Waals surface area contributed by atoms with Crippen molar-refractivity contribution in [2.24, 2.45) is 0 Å². The lowest BCUT2D eigenvalue weighted by atomic mass is 10.1. The maximum atomic E-state index is 13.9. The summed E-state index contributed by atoms with van der Waals surface area (Å²) in [6.07, 6.45) is 2.34. The van der Waals surface area contributed by atoms with E-state index >= 15 is 0 Å². The molecule has 2 rings (SSSR count). The number of esters is 1. The molecule has 0 aliphatic carbocycles. The van der Waals surface area contributed by atoms with Crippen LogP contribution in [0.15, 0.2) is 36.4 Å². The zero-order valence-corrected chi connectivity index (χ0v) is 15.9. The number of methoxy groups -OCH3 is 1. The van der Waals surface area contributed by atoms with Crippen molar-refractivity contribution in [3.8, 4) is 11.5 Å². The van der Waals surface area contributed by atoms with Crippen molar-refractivity contribution >= 4 is 23.6 Å². The Morgan fingerprint density at radius 2 is 1.83 bits per heavy atom. The molecule has 0 fully saturated rings. The van der Waals surface area contributed by atoms with E-state index in [1.165, 1.54) is 24.3 Å². The molecule has 6 nitrogen and oxygen atoms in total. The standard InChI is InChI=1S/C20H17F4NO5/c1-3-29-17-8-11(4-6-16(17)30-20(23)24)5-7-18(26)25-15-9-12(19(27)28-2)13(21)10-14(15)22/h4-10,20H,3H2,1-2H3,(H,25,26)/b7-5+. The minimum atomic E-state index is -3.03. The van der Waals surface area contributed by atoms with Crippen LogP contribution in [0.2, 0.25) is 0 Å². The molecule has 0 unspecified atom stereocenters. The van der Waals surface area contributed by atoms with E-state index in [4.69, 9.17) is 4.74 Å². The van der Waals surface area contributed by atoms with Crippen LogP contribution >= 0.6 is 0 Å². The van der Waals surface area contributed by atoms with E-state index in [1.54, 1.807) is 6.92 Å². The van der Waals surface area contributed by atoms with Crippen LogP contribution in [0.25, 0.3) is 6.08 Å². The third kappa shape index (κ3) is 5.97. The van der Waals surface area contributed by atoms with Gasteiger partial charge in [0.05, 0.1) is 25.0 Å². The van der Waals surface area contributed by atoms with E-state index in [0.29, 0.717) is 11.6 Å². The highest BCUT2D eigenvalue weighted by Gasteiger charge is 2.17. The monoisotopic (exact) mass is 427 g/mol. The van der Waals surface area contributed by atoms with Crippen LogP contribution in [-0.2, 0) is 9.53 Å². The average molecular weight is 427 g/mol. The maximum absolute atomic E-state index is 13.9. The average Bonchev–Trinajstić information content (AvgIpc) is 2.69. The minimum Gasteiger partial charge on any atom is -0.490 e. The number of rotatable bonds is 8. The van der Waals surface area contributed by atoms with Crippen LogP contribution in [0.1, 0.15) is 22.8 Å². The fourth-order valence-corrected chi connectivity index (χ4v) is 2.35. The van der Waals surface area contributed by atoms with Gasteiger partial charge in [0.2, 0.25) is 5.91 Å². The summed E-state index contributed by atoms with van der Waals surface area (Å²) < 4.78 is 66.4. The van der Waals surface area contributed by atoms with E-state index in [1.807, 2.05) is 0 Å². The molecule has 160 valence electrons. The van der Waals surface area contributed by atoms with E-state index in [-0.39, 0.29) is 18.1 Å². The van der Waals surface area contributed by atoms with Crippen molar-refractivity contribution in [3.05, 3.63) is 59.2 Å². The number of anilines is 1. The summed E-state index contributed by atoms with van der Waals surface area (Å²) in [6.45, 7) is -1.18. The van der Waals surface area contributed by atoms with Gasteiger partial charge in [-0.15, -0.1) is 0 Å². The molecule has 1 amide bonds. The Hall–Kier alpha value is -3.56. The molecule has 1 N–H and O–H groups in total. The number of benzene rings is 2. The molecule has 2 aromatic carbocycles. The summed E-state index contributed by atoms with van der Waals surface area (Å²) >= 11 is 0. The second-order valence-electron chi connectivity index (χ2n) is 5.64. The predicted molar refractivity (Wildman–Crippen MR) is 99.6 cm³/mol. The topological polar surface area (TPSA) is 73.9 Å². The molecule has 0 bridgehead atoms. The normalized spacial score (nSPS) is 10.9. The van der Waals surface area contributed by atoms with Crippen LogP contribution in [0, 0.1) is 11.6 Å². The number of ether oxygens (including phenoxy) is 3. The molecule has 0 aliphatic rings. The first-order valence-electron chi connectivity index (χ1n) is 8.53. The summed E-state index contributed by atoms with van der Waals surface area (Å²) in [6, 6.07) is 5.28. The zero-order chi connectivity index (χ0) is 22.3. The van der Waals surface area contributed by atoms with Gasteiger partial charge in [-0.1, -0.05) is 6.07 Å². The Bertz CT molecular complexity index is 962. The Balaban J connectivity index is 2.18. The predicted octanol–water partition coefficient (Wildman–Crippen LogP) is 4.40. The number of halogens is 4. The molecule has 2 aromatic rings. The molecule has 0 atom stereocenters. The number of hydrogen-bond donors (Lipinski definition) is 1. The molecule has 0 aliphatic heterocycles. The SMILES string of the molecule is CCOc1cc(/C=C/C(=O)Nc2cc(C(=O)OC)c(F)cc2F)ccc1OC(F)F. The number of carbonyl (C=O) groups excluding carboxylic acids is 2. The maximum Gasteiger partial charge on any atom is 0.387 e. The van der Waals surface area contributed by atoms with Crippen molar-refractivity contribution in [1.29, 1.82) is 0 Å². The van der Waals surface area contributed by atoms with Gasteiger partial charge in [0.15, 0.2) is 11.5 Å². The molecule has 0 spiro atoms. The number of amides is 1. The quantitative estimate of drug-likeness (QED) is 0.384. The Morgan fingerprint density at radius 3 is 2.47 bits per heavy atom. The van der Waals surface area contributed by atoms with E-state index in [2.05, 4.69) is 14.8 Å². The first-order chi connectivity index (χ1) is 14.2. The Morgan fingerprint density at radius 1 is 1.10 bits per heavy atom. The third-order valence-corrected chi connectivity index (χ3v) is 3.63. The van der Waals surface area contributed by atoms with E-state index in [9.17, 15) is 27.2 Å². The number of carbonyl (C=O) groups is 2. The summed E-state index contributed by atoms with van der Waals surface area (Å²) in [5.41, 5.74) is -0.568. The van der Waals surface area contributed by atoms with Crippen LogP contribution in [-0.4, -0.2) is 32.2 Å². The molecule has 0 saturated carbocycles. The fraction of sp³-hybridized carbons (Fsp3) is 0.200. The molecule has 0 heterocycles. The van der Waals surface area contributed by atoms with Crippen LogP contribution in [0.4, 0.5) is 23.2 Å². The number of alkyl halides is 2. The van der Waals surface area contributed by atoms with Crippen LogP contribution in [0.5, 0.6) is 11.5 Å². The lowest BCUT2D eigenvalue weighted by Gasteiger charge is -2.11. The first kappa shape index (κ1) is 22.7. The van der Waals surface area contributed by atoms with Gasteiger partial charge < -0.3 is 19.5 Å². The zero-order valence-electron chi connectivity index (χ0n) is 15.9. The molecular formula is C20H17F4NO5. The van der Waals surface area contributed by atoms with Gasteiger partial charge >= 0.3 is 12.6 Å². The van der Waals surface area contributed by atoms with Crippen LogP contribution in [0.3, 0.4) is 0 Å². The van der Waals surface area contributed by atoms with Gasteiger partial charge in [-0.05, 0) is 36.8 Å². The molecule has 10 heteroatoms. The van der Waals surface area contributed by atoms with Gasteiger partial charge in [0.25, 0.3) is 0 Å². The van der Waals surface area contributed by atoms with Crippen LogP contribution < -0.4 is 14.8 Å². The summed E-state index contributed by atoms with van der Waals surface area (Å²) in [5.74, 6) is -4.17. The smallest absolute Gasteiger partial charge is 0.387 e. The molecule has 0 aromatic heterocycles. The van der Waals surface area contributed by atoms with E-state index < -0.39 is 41.4 Å². The van der Waals surface area contributed by atoms with Gasteiger partial charge in [-0.3, -0.25) is 4.79 Å². The molecular weight excluding hydrogens is 410 g/mol. The second kappa shape index (κ2) is 10.3. The largest absolute Gasteiger partial charge is 0.490 e. The van der Waals surface area contributed by atoms with Gasteiger partial charge in [-0.25, -0.2) is 13.6 Å². The molecule has 0 saturated heterocycles. The molecule has 0 radical (unpaired) electrons. The van der Waals surface area contributed by atoms with Crippen molar-refractivity contribution in [2.75, 3.05) is 19.0 Å². The summed E-state index contributed by atoms with van der Waals surface area (Å²) in [5, 5.41) is 2.17. The number of nitrogens with one attached hydrogen (secondary N) is 1. The third-order valence-electron chi connectivity index (χ3n) is 3.63. The lowest BCUT2D eigenvalue weighted by molar-refractivity contribution is -0.111. The highest BCUT2D eigenvalue weighted by Crippen LogP contribution is 2.30. The highest BCUT2D eigenvalue weighted by atomic mass is 19.3. The van der Waals surface area contributed by atoms with Crippen molar-refractivity contribution in [1.82, 2.24) is 0 Å². The van der Waals surface area contributed by atoms with Crippen molar-refractivity contribution < 1.29 is 41.4 Å². The van der Waals surface area contributed by atoms with Gasteiger partial charge in [0.1, 0.15) is 11.6 Å². The number of hydrogen-bond acceptors (Lipinski definition) is 5. The lowest BCUT2D eigenvalue weighted by Crippen LogP contribution is -2.12. The van der Waals surface area contributed by atoms with Crippen molar-refractivity contribution in [3.63, 3.8) is 0 Å². The van der Waals surface area contributed by atoms with E-state index in [0.717, 1.165) is 19.3 Å². The fourth-order valence-electron chi connectivity index (χ4n) is 2.35. The van der Waals surface area contributed by atoms with Crippen molar-refractivity contribution in [2.45, 2.75) is 13.5 Å². The van der Waals surface area contributed by atoms with Gasteiger partial charge in [-0.2, -0.15) is 8.78 Å². The molecule has 30 heavy (non-hydrogen) atoms. The Labute approximate surface area is 169 Å². The summed E-state index contributed by atoms with van der Waals surface area (Å²) in [7, 11) is 1.03. The first-order valence-corrected chi connectivity index (χ1v) is 8.53. The summed E-state index contributed by atoms with van der Waals surface area (Å²) in [4.78, 5) is 23.6. The van der Waals surface area contributed by atoms with Gasteiger partial charge in [0, 0.05) is 12.1 Å². The highest BCUT2D eigenvalue weighted by molar-refractivity contribution is 6.02. The Kier molecular flexibility index (Phi) is 7.79. The minimum absolute atomic E-state index is 0.0488.